The Morgan fingerprint density at radius 1 is 0.400 bits per heavy atom. The molecule has 0 aromatic rings. The number of unbranched alkanes of at least 4 members (excludes halogenated alkanes) is 3. The maximum absolute atomic E-state index is 12.6. The summed E-state index contributed by atoms with van der Waals surface area (Å²) < 4.78 is 106. The van der Waals surface area contributed by atoms with Crippen molar-refractivity contribution in [1.29, 1.82) is 0 Å². The van der Waals surface area contributed by atoms with Crippen molar-refractivity contribution < 1.29 is 113 Å². The summed E-state index contributed by atoms with van der Waals surface area (Å²) >= 11 is 0. The summed E-state index contributed by atoms with van der Waals surface area (Å²) in [5.41, 5.74) is 0. The first kappa shape index (κ1) is 41.1. The molecule has 0 heterocycles. The molecule has 2 unspecified atom stereocenters. The van der Waals surface area contributed by atoms with Gasteiger partial charge in [-0.3, -0.25) is 9.05 Å². The molecular formula is C6H24N2O24P8. The van der Waals surface area contributed by atoms with E-state index in [1.807, 2.05) is 0 Å². The van der Waals surface area contributed by atoms with Crippen LogP contribution in [-0.4, -0.2) is 80.4 Å². The molecular weight excluding hydrogens is 732 g/mol. The summed E-state index contributed by atoms with van der Waals surface area (Å²) in [4.78, 5) is 108. The van der Waals surface area contributed by atoms with Gasteiger partial charge in [-0.25, -0.2) is 36.5 Å². The molecule has 0 fully saturated rings. The maximum atomic E-state index is 12.6. The fourth-order valence-corrected chi connectivity index (χ4v) is 15.0. The number of rotatable bonds is 19. The van der Waals surface area contributed by atoms with E-state index in [9.17, 15) is 36.5 Å². The lowest BCUT2D eigenvalue weighted by Gasteiger charge is -2.29. The fourth-order valence-electron chi connectivity index (χ4n) is 2.28. The molecule has 0 aliphatic heterocycles. The molecule has 0 bridgehead atoms. The van der Waals surface area contributed by atoms with Crippen molar-refractivity contribution in [3.8, 4) is 0 Å². The Morgan fingerprint density at radius 2 is 0.625 bits per heavy atom. The Morgan fingerprint density at radius 3 is 0.800 bits per heavy atom. The quantitative estimate of drug-likeness (QED) is 0.0609. The van der Waals surface area contributed by atoms with E-state index in [0.717, 1.165) is 0 Å². The largest absolute Gasteiger partial charge is 0.477 e. The standard InChI is InChI=1S/C6H24N2O24P8/c9-33(10,11)7(34(12,13)14)37(21,31-39(23,24)25)29-5-3-1-2-4-6-30-38(22,32-40(26,27)28)8(35(15,16)17)36(18,19)20/h1-6H2,(H2,9,10,11)(H2,12,13,14)(H2,15,16,17)(H2,18,19,20)(H2,23,24,25)(H2,26,27,28). The zero-order valence-electron chi connectivity index (χ0n) is 19.0. The third kappa shape index (κ3) is 14.7. The third-order valence-corrected chi connectivity index (χ3v) is 18.7. The summed E-state index contributed by atoms with van der Waals surface area (Å²) in [6, 6.07) is 0. The lowest BCUT2D eigenvalue weighted by molar-refractivity contribution is 0.187. The molecule has 0 aliphatic carbocycles. The summed E-state index contributed by atoms with van der Waals surface area (Å²) in [6.07, 6.45) is -1.18. The molecule has 0 rings (SSSR count). The summed E-state index contributed by atoms with van der Waals surface area (Å²) in [5.74, 6) is 0. The van der Waals surface area contributed by atoms with Crippen LogP contribution < -0.4 is 0 Å². The second kappa shape index (κ2) is 14.5. The molecule has 2 atom stereocenters. The Hall–Kier alpha value is 1.12. The van der Waals surface area contributed by atoms with Gasteiger partial charge in [-0.15, -0.1) is 0 Å². The second-order valence-electron chi connectivity index (χ2n) is 6.75. The smallest absolute Gasteiger partial charge is 0.312 e. The molecule has 0 saturated heterocycles. The SMILES string of the molecule is O=P(O)(O)OP(=O)(OCCCCCCOP(=O)(OP(=O)(O)O)N(P(=O)(O)O)P(=O)(O)O)N(P(=O)(O)O)P(=O)(O)O. The van der Waals surface area contributed by atoms with Gasteiger partial charge in [0.25, 0.3) is 0 Å². The van der Waals surface area contributed by atoms with Crippen LogP contribution in [0.2, 0.25) is 0 Å². The normalized spacial score (nSPS) is 17.6. The molecule has 0 aromatic carbocycles. The lowest BCUT2D eigenvalue weighted by Crippen LogP contribution is -2.18. The van der Waals surface area contributed by atoms with Gasteiger partial charge >= 0.3 is 62.1 Å². The van der Waals surface area contributed by atoms with E-state index >= 15 is 0 Å². The Bertz CT molecular complexity index is 1100. The summed E-state index contributed by atoms with van der Waals surface area (Å²) in [7, 11) is -49.1. The van der Waals surface area contributed by atoms with Crippen LogP contribution in [0.4, 0.5) is 0 Å². The van der Waals surface area contributed by atoms with Crippen molar-refractivity contribution in [3.05, 3.63) is 0 Å². The minimum absolute atomic E-state index is 0.185. The van der Waals surface area contributed by atoms with E-state index in [2.05, 4.69) is 17.7 Å². The lowest BCUT2D eigenvalue weighted by atomic mass is 10.2. The number of nitrogens with zero attached hydrogens (tertiary/aromatic N) is 2. The van der Waals surface area contributed by atoms with Crippen molar-refractivity contribution >= 4 is 62.1 Å². The highest BCUT2D eigenvalue weighted by atomic mass is 31.3. The average Bonchev–Trinajstić information content (AvgIpc) is 2.54. The van der Waals surface area contributed by atoms with Crippen molar-refractivity contribution in [3.63, 3.8) is 0 Å². The molecule has 0 aromatic heterocycles. The summed E-state index contributed by atoms with van der Waals surface area (Å²) in [6.45, 7) is -2.03. The number of phosphoric acid groups is 2. The van der Waals surface area contributed by atoms with Gasteiger partial charge in [0.15, 0.2) is 0 Å². The van der Waals surface area contributed by atoms with Crippen molar-refractivity contribution in [2.45, 2.75) is 25.7 Å². The predicted molar refractivity (Wildman–Crippen MR) is 124 cm³/mol. The van der Waals surface area contributed by atoms with Gasteiger partial charge in [0, 0.05) is 0 Å². The van der Waals surface area contributed by atoms with Gasteiger partial charge in [-0.2, -0.15) is 8.62 Å². The molecule has 242 valence electrons. The second-order valence-corrected chi connectivity index (χ2v) is 20.8. The van der Waals surface area contributed by atoms with E-state index in [0.29, 0.717) is 0 Å². The highest BCUT2D eigenvalue weighted by Crippen LogP contribution is 2.79. The molecule has 0 spiro atoms. The molecule has 0 aliphatic rings. The van der Waals surface area contributed by atoms with Crippen LogP contribution in [0.15, 0.2) is 0 Å². The van der Waals surface area contributed by atoms with Crippen LogP contribution in [0.1, 0.15) is 25.7 Å². The molecule has 0 saturated carbocycles. The first-order valence-electron chi connectivity index (χ1n) is 9.23. The predicted octanol–water partition coefficient (Wildman–Crippen LogP) is -0.0104. The third-order valence-electron chi connectivity index (χ3n) is 3.34. The average molecular weight is 756 g/mol. The molecule has 0 radical (unpaired) electrons. The first-order valence-corrected chi connectivity index (χ1v) is 21.5. The van der Waals surface area contributed by atoms with E-state index in [1.165, 1.54) is 0 Å². The van der Waals surface area contributed by atoms with Crippen molar-refractivity contribution in [2.24, 2.45) is 0 Å². The topological polar surface area (TPSA) is 423 Å². The minimum Gasteiger partial charge on any atom is -0.312 e. The molecule has 26 nitrogen and oxygen atoms in total. The Labute approximate surface area is 222 Å². The zero-order chi connectivity index (χ0) is 32.2. The monoisotopic (exact) mass is 756 g/mol. The van der Waals surface area contributed by atoms with E-state index in [-0.39, 0.29) is 12.8 Å². The van der Waals surface area contributed by atoms with Gasteiger partial charge in [0.05, 0.1) is 13.2 Å². The molecule has 40 heavy (non-hydrogen) atoms. The van der Waals surface area contributed by atoms with Gasteiger partial charge in [0.1, 0.15) is 0 Å². The summed E-state index contributed by atoms with van der Waals surface area (Å²) in [5, 5.41) is 0. The highest BCUT2D eigenvalue weighted by molar-refractivity contribution is 7.82. The van der Waals surface area contributed by atoms with Gasteiger partial charge < -0.3 is 58.7 Å². The molecule has 0 amide bonds. The van der Waals surface area contributed by atoms with Crippen LogP contribution in [0.25, 0.3) is 0 Å². The van der Waals surface area contributed by atoms with Crippen LogP contribution in [-0.2, 0) is 54.2 Å². The van der Waals surface area contributed by atoms with Gasteiger partial charge in [0.2, 0.25) is 0 Å². The molecule has 12 N–H and O–H groups in total. The number of hydrogen-bond donors (Lipinski definition) is 12. The van der Waals surface area contributed by atoms with Crippen LogP contribution in [0, 0.1) is 0 Å². The fraction of sp³-hybridized carbons (Fsp3) is 1.00. The highest BCUT2D eigenvalue weighted by Gasteiger charge is 2.59. The zero-order valence-corrected chi connectivity index (χ0v) is 26.1. The van der Waals surface area contributed by atoms with Crippen molar-refractivity contribution in [2.75, 3.05) is 13.2 Å². The van der Waals surface area contributed by atoms with Crippen LogP contribution >= 0.6 is 62.1 Å². The molecule has 34 heteroatoms. The van der Waals surface area contributed by atoms with E-state index in [1.54, 1.807) is 0 Å². The van der Waals surface area contributed by atoms with Gasteiger partial charge in [-0.1, -0.05) is 12.8 Å². The Balaban J connectivity index is 5.40. The van der Waals surface area contributed by atoms with E-state index < -0.39 is 96.6 Å². The maximum Gasteiger partial charge on any atom is 0.477 e. The number of hydrogen-bond acceptors (Lipinski definition) is 12. The Kier molecular flexibility index (Phi) is 14.9. The minimum atomic E-state index is -6.25. The van der Waals surface area contributed by atoms with Crippen molar-refractivity contribution in [1.82, 2.24) is 8.42 Å². The van der Waals surface area contributed by atoms with Crippen LogP contribution in [0.3, 0.4) is 0 Å². The van der Waals surface area contributed by atoms with Crippen LogP contribution in [0.5, 0.6) is 0 Å². The first-order chi connectivity index (χ1) is 17.4. The van der Waals surface area contributed by atoms with E-state index in [4.69, 9.17) is 58.7 Å². The van der Waals surface area contributed by atoms with Gasteiger partial charge in [-0.05, 0) is 21.3 Å².